The first-order valence-electron chi connectivity index (χ1n) is 8.77. The molecule has 1 aliphatic rings. The average Bonchev–Trinajstić information content (AvgIpc) is 3.32. The van der Waals surface area contributed by atoms with Crippen LogP contribution in [0.4, 0.5) is 10.2 Å². The third-order valence-electron chi connectivity index (χ3n) is 4.86. The first-order valence-corrected chi connectivity index (χ1v) is 8.77. The number of hydrogen-bond acceptors (Lipinski definition) is 4. The van der Waals surface area contributed by atoms with Crippen molar-refractivity contribution in [1.29, 1.82) is 0 Å². The van der Waals surface area contributed by atoms with Crippen molar-refractivity contribution < 1.29 is 18.5 Å². The monoisotopic (exact) mass is 370 g/mol. The summed E-state index contributed by atoms with van der Waals surface area (Å²) in [5.41, 5.74) is 1.75. The summed E-state index contributed by atoms with van der Waals surface area (Å²) in [6.07, 6.45) is 1.28. The fraction of sp³-hybridized carbons (Fsp3) is 0.316. The van der Waals surface area contributed by atoms with Gasteiger partial charge in [-0.2, -0.15) is 0 Å². The van der Waals surface area contributed by atoms with E-state index in [0.29, 0.717) is 46.7 Å². The minimum absolute atomic E-state index is 0.279. The topological polar surface area (TPSA) is 91.2 Å². The Kier molecular flexibility index (Phi) is 4.18. The average molecular weight is 370 g/mol. The second kappa shape index (κ2) is 6.53. The van der Waals surface area contributed by atoms with Crippen molar-refractivity contribution in [1.82, 2.24) is 15.0 Å². The normalized spacial score (nSPS) is 16.9. The summed E-state index contributed by atoms with van der Waals surface area (Å²) in [6, 6.07) is 5.31. The lowest BCUT2D eigenvalue weighted by Gasteiger charge is -2.23. The zero-order valence-corrected chi connectivity index (χ0v) is 15.0. The number of anilines is 1. The predicted molar refractivity (Wildman–Crippen MR) is 96.9 cm³/mol. The zero-order chi connectivity index (χ0) is 19.1. The van der Waals surface area contributed by atoms with Crippen LogP contribution >= 0.6 is 0 Å². The quantitative estimate of drug-likeness (QED) is 0.741. The molecule has 2 N–H and O–H groups in total. The minimum atomic E-state index is -0.604. The number of rotatable bonds is 3. The van der Waals surface area contributed by atoms with E-state index in [2.05, 4.69) is 15.5 Å². The molecule has 3 aromatic rings. The number of carbonyl (C=O) groups excluding carboxylic acids is 2. The molecule has 2 amide bonds. The van der Waals surface area contributed by atoms with E-state index >= 15 is 0 Å². The first-order chi connectivity index (χ1) is 12.9. The van der Waals surface area contributed by atoms with Gasteiger partial charge in [-0.25, -0.2) is 4.39 Å². The highest BCUT2D eigenvalue weighted by atomic mass is 19.1. The van der Waals surface area contributed by atoms with Gasteiger partial charge in [-0.1, -0.05) is 5.16 Å². The number of nitrogens with zero attached hydrogens (tertiary/aromatic N) is 2. The highest BCUT2D eigenvalue weighted by Crippen LogP contribution is 2.28. The highest BCUT2D eigenvalue weighted by molar-refractivity contribution is 6.10. The third-order valence-corrected chi connectivity index (χ3v) is 4.86. The summed E-state index contributed by atoms with van der Waals surface area (Å²) in [4.78, 5) is 30.5. The van der Waals surface area contributed by atoms with Gasteiger partial charge in [0.1, 0.15) is 17.6 Å². The number of aromatic nitrogens is 2. The van der Waals surface area contributed by atoms with E-state index in [-0.39, 0.29) is 11.8 Å². The van der Waals surface area contributed by atoms with Crippen molar-refractivity contribution in [3.8, 4) is 0 Å². The predicted octanol–water partition coefficient (Wildman–Crippen LogP) is 3.16. The van der Waals surface area contributed by atoms with Crippen LogP contribution in [0.15, 0.2) is 28.8 Å². The molecule has 2 aromatic heterocycles. The van der Waals surface area contributed by atoms with Gasteiger partial charge in [0, 0.05) is 29.2 Å². The Bertz CT molecular complexity index is 1040. The fourth-order valence-electron chi connectivity index (χ4n) is 3.64. The molecule has 3 heterocycles. The SMILES string of the molecule is Cc1cc(NC(=O)C2CCCN2C(=O)c2c(C)[nH]c3ccc(F)cc23)no1. The molecule has 7 nitrogen and oxygen atoms in total. The lowest BCUT2D eigenvalue weighted by molar-refractivity contribution is -0.119. The summed E-state index contributed by atoms with van der Waals surface area (Å²) in [5, 5.41) is 6.97. The molecule has 0 radical (unpaired) electrons. The Morgan fingerprint density at radius 2 is 2.15 bits per heavy atom. The molecule has 0 aliphatic carbocycles. The maximum Gasteiger partial charge on any atom is 0.256 e. The Balaban J connectivity index is 1.62. The molecule has 27 heavy (non-hydrogen) atoms. The number of aromatic amines is 1. The molecule has 1 atom stereocenters. The molecule has 0 saturated carbocycles. The molecule has 1 aliphatic heterocycles. The van der Waals surface area contributed by atoms with Crippen LogP contribution in [-0.4, -0.2) is 39.4 Å². The first kappa shape index (κ1) is 17.3. The number of halogens is 1. The van der Waals surface area contributed by atoms with Crippen LogP contribution in [-0.2, 0) is 4.79 Å². The van der Waals surface area contributed by atoms with Crippen molar-refractivity contribution in [2.24, 2.45) is 0 Å². The Morgan fingerprint density at radius 1 is 1.33 bits per heavy atom. The van der Waals surface area contributed by atoms with E-state index in [9.17, 15) is 14.0 Å². The molecule has 4 rings (SSSR count). The van der Waals surface area contributed by atoms with E-state index in [0.717, 1.165) is 6.42 Å². The standard InChI is InChI=1S/C19H19FN4O3/c1-10-8-16(23-27-10)22-18(25)15-4-3-7-24(15)19(26)17-11(2)21-14-6-5-12(20)9-13(14)17/h5-6,8-9,15,21H,3-4,7H2,1-2H3,(H,22,23,25). The van der Waals surface area contributed by atoms with Crippen molar-refractivity contribution in [3.05, 3.63) is 47.1 Å². The molecule has 0 spiro atoms. The molecule has 1 aromatic carbocycles. The summed E-state index contributed by atoms with van der Waals surface area (Å²) in [5.74, 6) is -0.0907. The van der Waals surface area contributed by atoms with Crippen LogP contribution in [0.5, 0.6) is 0 Å². The minimum Gasteiger partial charge on any atom is -0.360 e. The number of carbonyl (C=O) groups is 2. The number of amides is 2. The Hall–Kier alpha value is -3.16. The molecule has 8 heteroatoms. The number of fused-ring (bicyclic) bond motifs is 1. The van der Waals surface area contributed by atoms with Gasteiger partial charge in [-0.3, -0.25) is 9.59 Å². The maximum absolute atomic E-state index is 13.7. The van der Waals surface area contributed by atoms with E-state index in [4.69, 9.17) is 4.52 Å². The smallest absolute Gasteiger partial charge is 0.256 e. The van der Waals surface area contributed by atoms with Gasteiger partial charge in [-0.15, -0.1) is 0 Å². The number of benzene rings is 1. The summed E-state index contributed by atoms with van der Waals surface area (Å²) < 4.78 is 18.6. The van der Waals surface area contributed by atoms with Crippen LogP contribution in [0.25, 0.3) is 10.9 Å². The second-order valence-electron chi connectivity index (χ2n) is 6.78. The van der Waals surface area contributed by atoms with Crippen LogP contribution < -0.4 is 5.32 Å². The molecular weight excluding hydrogens is 351 g/mol. The number of aryl methyl sites for hydroxylation is 2. The third kappa shape index (κ3) is 3.07. The lowest BCUT2D eigenvalue weighted by atomic mass is 10.1. The zero-order valence-electron chi connectivity index (χ0n) is 15.0. The van der Waals surface area contributed by atoms with Crippen LogP contribution in [0.3, 0.4) is 0 Å². The van der Waals surface area contributed by atoms with Gasteiger partial charge in [0.05, 0.1) is 5.56 Å². The van der Waals surface area contributed by atoms with Crippen molar-refractivity contribution >= 4 is 28.5 Å². The van der Waals surface area contributed by atoms with Gasteiger partial charge in [0.15, 0.2) is 5.82 Å². The lowest BCUT2D eigenvalue weighted by Crippen LogP contribution is -2.43. The van der Waals surface area contributed by atoms with Gasteiger partial charge >= 0.3 is 0 Å². The Labute approximate surface area is 154 Å². The Morgan fingerprint density at radius 3 is 2.89 bits per heavy atom. The highest BCUT2D eigenvalue weighted by Gasteiger charge is 2.36. The number of nitrogens with one attached hydrogen (secondary N) is 2. The second-order valence-corrected chi connectivity index (χ2v) is 6.78. The number of likely N-dealkylation sites (tertiary alicyclic amines) is 1. The fourth-order valence-corrected chi connectivity index (χ4v) is 3.64. The largest absolute Gasteiger partial charge is 0.360 e. The molecule has 0 bridgehead atoms. The van der Waals surface area contributed by atoms with Gasteiger partial charge in [0.25, 0.3) is 5.91 Å². The summed E-state index contributed by atoms with van der Waals surface area (Å²) in [7, 11) is 0. The summed E-state index contributed by atoms with van der Waals surface area (Å²) in [6.45, 7) is 3.97. The van der Waals surface area contributed by atoms with Crippen LogP contribution in [0.1, 0.15) is 34.7 Å². The van der Waals surface area contributed by atoms with Crippen molar-refractivity contribution in [2.45, 2.75) is 32.7 Å². The van der Waals surface area contributed by atoms with Gasteiger partial charge < -0.3 is 19.7 Å². The molecule has 1 unspecified atom stereocenters. The number of H-pyrrole nitrogens is 1. The molecular formula is C19H19FN4O3. The van der Waals surface area contributed by atoms with E-state index in [1.165, 1.54) is 12.1 Å². The van der Waals surface area contributed by atoms with Gasteiger partial charge in [-0.05, 0) is 44.9 Å². The van der Waals surface area contributed by atoms with Crippen LogP contribution in [0, 0.1) is 19.7 Å². The van der Waals surface area contributed by atoms with Crippen molar-refractivity contribution in [3.63, 3.8) is 0 Å². The number of hydrogen-bond donors (Lipinski definition) is 2. The van der Waals surface area contributed by atoms with Crippen LogP contribution in [0.2, 0.25) is 0 Å². The van der Waals surface area contributed by atoms with Crippen molar-refractivity contribution in [2.75, 3.05) is 11.9 Å². The van der Waals surface area contributed by atoms with Gasteiger partial charge in [0.2, 0.25) is 5.91 Å². The van der Waals surface area contributed by atoms with E-state index < -0.39 is 11.9 Å². The van der Waals surface area contributed by atoms with E-state index in [1.807, 2.05) is 0 Å². The molecule has 1 saturated heterocycles. The molecule has 1 fully saturated rings. The van der Waals surface area contributed by atoms with E-state index in [1.54, 1.807) is 30.9 Å². The maximum atomic E-state index is 13.7. The molecule has 140 valence electrons. The summed E-state index contributed by atoms with van der Waals surface area (Å²) >= 11 is 0.